The van der Waals surface area contributed by atoms with Crippen molar-refractivity contribution in [3.05, 3.63) is 104 Å². The Bertz CT molecular complexity index is 1440. The smallest absolute Gasteiger partial charge is 0.280 e. The van der Waals surface area contributed by atoms with Crippen LogP contribution in [0.15, 0.2) is 81.8 Å². The minimum atomic E-state index is -0.626. The second-order valence-electron chi connectivity index (χ2n) is 8.15. The number of carbonyl (C=O) groups excluding carboxylic acids is 2. The van der Waals surface area contributed by atoms with Gasteiger partial charge in [-0.15, -0.1) is 0 Å². The molecule has 0 unspecified atom stereocenters. The summed E-state index contributed by atoms with van der Waals surface area (Å²) in [5.74, 6) is -0.613. The molecule has 4 rings (SSSR count). The van der Waals surface area contributed by atoms with Crippen LogP contribution in [0.2, 0.25) is 0 Å². The van der Waals surface area contributed by atoms with Crippen molar-refractivity contribution in [3.8, 4) is 17.4 Å². The number of rotatable bonds is 6. The molecule has 0 N–H and O–H groups in total. The normalized spacial score (nSPS) is 15.0. The average molecular weight is 467 g/mol. The second kappa shape index (κ2) is 9.61. The summed E-state index contributed by atoms with van der Waals surface area (Å²) in [5.41, 5.74) is 2.24. The topological polar surface area (TPSA) is 117 Å². The molecular weight excluding hydrogens is 446 g/mol. The van der Waals surface area contributed by atoms with Crippen molar-refractivity contribution in [2.45, 2.75) is 20.3 Å². The number of nitriles is 1. The first-order valence-corrected chi connectivity index (χ1v) is 10.9. The van der Waals surface area contributed by atoms with E-state index in [1.807, 2.05) is 36.4 Å². The van der Waals surface area contributed by atoms with E-state index in [-0.39, 0.29) is 40.5 Å². The maximum Gasteiger partial charge on any atom is 0.280 e. The number of nitrogens with zero attached hydrogens (tertiary/aromatic N) is 3. The fourth-order valence-corrected chi connectivity index (χ4v) is 3.94. The van der Waals surface area contributed by atoms with Gasteiger partial charge >= 0.3 is 0 Å². The number of hydrogen-bond acceptors (Lipinski definition) is 6. The van der Waals surface area contributed by atoms with Gasteiger partial charge in [-0.05, 0) is 61.2 Å². The molecule has 0 bridgehead atoms. The van der Waals surface area contributed by atoms with Crippen molar-refractivity contribution in [1.29, 1.82) is 5.26 Å². The Labute approximate surface area is 201 Å². The summed E-state index contributed by atoms with van der Waals surface area (Å²) in [6.07, 6.45) is 1.91. The van der Waals surface area contributed by atoms with Crippen LogP contribution < -0.4 is 0 Å². The molecule has 0 atom stereocenters. The molecule has 3 aromatic rings. The number of imide groups is 1. The molecule has 174 valence electrons. The molecule has 1 aliphatic rings. The van der Waals surface area contributed by atoms with Gasteiger partial charge in [0.05, 0.1) is 10.5 Å². The summed E-state index contributed by atoms with van der Waals surface area (Å²) in [6, 6.07) is 19.3. The van der Waals surface area contributed by atoms with Crippen LogP contribution in [0.1, 0.15) is 23.8 Å². The summed E-state index contributed by atoms with van der Waals surface area (Å²) in [6.45, 7) is 3.43. The summed E-state index contributed by atoms with van der Waals surface area (Å²) in [4.78, 5) is 38.2. The van der Waals surface area contributed by atoms with Crippen molar-refractivity contribution in [3.63, 3.8) is 0 Å². The number of nitro groups is 1. The lowest BCUT2D eigenvalue weighted by Gasteiger charge is -2.27. The molecule has 2 heterocycles. The monoisotopic (exact) mass is 467 g/mol. The molecule has 35 heavy (non-hydrogen) atoms. The molecule has 0 fully saturated rings. The highest BCUT2D eigenvalue weighted by Crippen LogP contribution is 2.33. The van der Waals surface area contributed by atoms with E-state index in [9.17, 15) is 25.0 Å². The van der Waals surface area contributed by atoms with Crippen LogP contribution in [0.3, 0.4) is 0 Å². The molecule has 0 saturated carbocycles. The summed E-state index contributed by atoms with van der Waals surface area (Å²) < 4.78 is 5.82. The third-order valence-electron chi connectivity index (χ3n) is 5.82. The van der Waals surface area contributed by atoms with Crippen LogP contribution in [0.4, 0.5) is 5.69 Å². The predicted octanol–water partition coefficient (Wildman–Crippen LogP) is 5.00. The maximum atomic E-state index is 13.3. The summed E-state index contributed by atoms with van der Waals surface area (Å²) in [5, 5.41) is 21.1. The molecule has 0 saturated heterocycles. The van der Waals surface area contributed by atoms with Gasteiger partial charge in [0.2, 0.25) is 0 Å². The third kappa shape index (κ3) is 4.66. The first-order valence-electron chi connectivity index (χ1n) is 10.9. The van der Waals surface area contributed by atoms with E-state index < -0.39 is 16.7 Å². The molecule has 0 aliphatic carbocycles. The number of nitro benzene ring substituents is 1. The Morgan fingerprint density at radius 1 is 1.06 bits per heavy atom. The van der Waals surface area contributed by atoms with E-state index in [4.69, 9.17) is 4.42 Å². The molecular formula is C27H21N3O5. The lowest BCUT2D eigenvalue weighted by molar-refractivity contribution is -0.384. The largest absolute Gasteiger partial charge is 0.456 e. The molecule has 2 amide bonds. The van der Waals surface area contributed by atoms with Gasteiger partial charge in [-0.1, -0.05) is 36.4 Å². The minimum Gasteiger partial charge on any atom is -0.456 e. The van der Waals surface area contributed by atoms with Crippen LogP contribution in [0.5, 0.6) is 0 Å². The zero-order valence-corrected chi connectivity index (χ0v) is 19.1. The Morgan fingerprint density at radius 2 is 1.80 bits per heavy atom. The van der Waals surface area contributed by atoms with Gasteiger partial charge in [0.1, 0.15) is 23.2 Å². The average Bonchev–Trinajstić information content (AvgIpc) is 3.31. The summed E-state index contributed by atoms with van der Waals surface area (Å²) in [7, 11) is 0. The van der Waals surface area contributed by atoms with Gasteiger partial charge in [-0.2, -0.15) is 5.26 Å². The minimum absolute atomic E-state index is 0.0900. The SMILES string of the molecule is CC1=C(C#N)C(=O)N(CCc2ccccc2)C(=O)/C1=C/c1ccc(-c2ccc(C)cc2[N+](=O)[O-])o1. The molecule has 1 aromatic heterocycles. The Balaban J connectivity index is 1.68. The molecule has 1 aliphatic heterocycles. The van der Waals surface area contributed by atoms with Gasteiger partial charge in [0.25, 0.3) is 17.5 Å². The first-order chi connectivity index (χ1) is 16.8. The third-order valence-corrected chi connectivity index (χ3v) is 5.82. The fraction of sp³-hybridized carbons (Fsp3) is 0.148. The van der Waals surface area contributed by atoms with Gasteiger partial charge < -0.3 is 4.42 Å². The van der Waals surface area contributed by atoms with Gasteiger partial charge in [0.15, 0.2) is 0 Å². The first kappa shape index (κ1) is 23.4. The summed E-state index contributed by atoms with van der Waals surface area (Å²) >= 11 is 0. The lowest BCUT2D eigenvalue weighted by Crippen LogP contribution is -2.43. The van der Waals surface area contributed by atoms with Crippen molar-refractivity contribution in [1.82, 2.24) is 4.90 Å². The quantitative estimate of drug-likeness (QED) is 0.218. The molecule has 0 spiro atoms. The highest BCUT2D eigenvalue weighted by molar-refractivity contribution is 6.19. The van der Waals surface area contributed by atoms with Crippen LogP contribution in [0.25, 0.3) is 17.4 Å². The molecule has 8 heteroatoms. The van der Waals surface area contributed by atoms with Crippen LogP contribution >= 0.6 is 0 Å². The van der Waals surface area contributed by atoms with Gasteiger partial charge in [-0.3, -0.25) is 24.6 Å². The standard InChI is InChI=1S/C27H21N3O5/c1-17-8-10-21(24(14-17)30(33)34)25-11-9-20(35-25)15-22-18(2)23(16-28)27(32)29(26(22)31)13-12-19-6-4-3-5-7-19/h3-11,14-15H,12-13H2,1-2H3/b22-15+. The van der Waals surface area contributed by atoms with E-state index in [0.717, 1.165) is 16.0 Å². The Morgan fingerprint density at radius 3 is 2.49 bits per heavy atom. The highest BCUT2D eigenvalue weighted by Gasteiger charge is 2.35. The number of furan rings is 1. The number of amides is 2. The van der Waals surface area contributed by atoms with Crippen LogP contribution in [0, 0.1) is 28.4 Å². The van der Waals surface area contributed by atoms with E-state index in [1.54, 1.807) is 38.1 Å². The lowest BCUT2D eigenvalue weighted by atomic mass is 9.94. The van der Waals surface area contributed by atoms with E-state index in [1.165, 1.54) is 12.1 Å². The van der Waals surface area contributed by atoms with Gasteiger partial charge in [0, 0.05) is 18.2 Å². The van der Waals surface area contributed by atoms with Gasteiger partial charge in [-0.25, -0.2) is 0 Å². The number of carbonyl (C=O) groups is 2. The Kier molecular flexibility index (Phi) is 6.42. The molecule has 8 nitrogen and oxygen atoms in total. The predicted molar refractivity (Wildman–Crippen MR) is 129 cm³/mol. The highest BCUT2D eigenvalue weighted by atomic mass is 16.6. The Hall–Kier alpha value is -4.77. The molecule has 2 aromatic carbocycles. The van der Waals surface area contributed by atoms with Crippen LogP contribution in [-0.2, 0) is 16.0 Å². The van der Waals surface area contributed by atoms with Crippen molar-refractivity contribution in [2.24, 2.45) is 0 Å². The van der Waals surface area contributed by atoms with E-state index >= 15 is 0 Å². The number of hydrogen-bond donors (Lipinski definition) is 0. The van der Waals surface area contributed by atoms with Crippen molar-refractivity contribution < 1.29 is 18.9 Å². The maximum absolute atomic E-state index is 13.3. The zero-order valence-electron chi connectivity index (χ0n) is 19.1. The number of benzene rings is 2. The second-order valence-corrected chi connectivity index (χ2v) is 8.15. The van der Waals surface area contributed by atoms with E-state index in [2.05, 4.69) is 0 Å². The van der Waals surface area contributed by atoms with Crippen molar-refractivity contribution in [2.75, 3.05) is 6.54 Å². The zero-order chi connectivity index (χ0) is 25.1. The van der Waals surface area contributed by atoms with Crippen LogP contribution in [-0.4, -0.2) is 28.2 Å². The van der Waals surface area contributed by atoms with Crippen molar-refractivity contribution >= 4 is 23.6 Å². The number of aryl methyl sites for hydroxylation is 1. The molecule has 0 radical (unpaired) electrons. The van der Waals surface area contributed by atoms with E-state index in [0.29, 0.717) is 12.0 Å². The fourth-order valence-electron chi connectivity index (χ4n) is 3.94.